The van der Waals surface area contributed by atoms with Gasteiger partial charge in [0.15, 0.2) is 23.3 Å². The van der Waals surface area contributed by atoms with Crippen molar-refractivity contribution in [3.63, 3.8) is 0 Å². The molecule has 6 rings (SSSR count). The molecule has 0 saturated heterocycles. The lowest BCUT2D eigenvalue weighted by Crippen LogP contribution is -2.04. The summed E-state index contributed by atoms with van der Waals surface area (Å²) in [6, 6.07) is 30.9. The topological polar surface area (TPSA) is 4.93 Å². The molecule has 0 aliphatic rings. The second kappa shape index (κ2) is 10.1. The molecule has 6 heteroatoms. The van der Waals surface area contributed by atoms with Crippen molar-refractivity contribution < 1.29 is 22.0 Å². The minimum atomic E-state index is -2.22. The molecule has 1 nitrogen and oxygen atoms in total. The lowest BCUT2D eigenvalue weighted by Gasteiger charge is -2.07. The van der Waals surface area contributed by atoms with Crippen LogP contribution in [0.4, 0.5) is 22.0 Å². The quantitative estimate of drug-likeness (QED) is 0.0868. The van der Waals surface area contributed by atoms with Gasteiger partial charge in [0, 0.05) is 33.2 Å². The fourth-order valence-corrected chi connectivity index (χ4v) is 4.53. The molecule has 0 atom stereocenters. The second-order valence-electron chi connectivity index (χ2n) is 8.94. The van der Waals surface area contributed by atoms with Crippen molar-refractivity contribution in [2.45, 2.75) is 0 Å². The molecular weight excluding hydrogens is 517 g/mol. The number of halogens is 5. The van der Waals surface area contributed by atoms with Crippen LogP contribution in [0, 0.1) is 52.8 Å². The Morgan fingerprint density at radius 1 is 0.400 bits per heavy atom. The molecule has 0 spiro atoms. The number of aromatic nitrogens is 1. The number of para-hydroxylation sites is 2. The van der Waals surface area contributed by atoms with Crippen LogP contribution in [-0.2, 0) is 0 Å². The Kier molecular flexibility index (Phi) is 6.30. The maximum atomic E-state index is 13.8. The molecule has 0 saturated carbocycles. The minimum Gasteiger partial charge on any atom is -0.309 e. The van der Waals surface area contributed by atoms with Gasteiger partial charge in [-0.15, -0.1) is 0 Å². The van der Waals surface area contributed by atoms with Crippen LogP contribution in [0.2, 0.25) is 0 Å². The third-order valence-corrected chi connectivity index (χ3v) is 6.48. The van der Waals surface area contributed by atoms with E-state index in [0.717, 1.165) is 22.3 Å². The molecule has 6 aromatic rings. The Morgan fingerprint density at radius 2 is 0.775 bits per heavy atom. The molecule has 40 heavy (non-hydrogen) atoms. The summed E-state index contributed by atoms with van der Waals surface area (Å²) < 4.78 is 69.8. The number of fused-ring (bicyclic) bond motifs is 3. The van der Waals surface area contributed by atoms with Gasteiger partial charge in [-0.2, -0.15) is 0 Å². The zero-order chi connectivity index (χ0) is 27.8. The van der Waals surface area contributed by atoms with Gasteiger partial charge < -0.3 is 4.57 Å². The summed E-state index contributed by atoms with van der Waals surface area (Å²) >= 11 is 0. The molecular formula is C34H16F5N. The summed E-state index contributed by atoms with van der Waals surface area (Å²) in [6.45, 7) is 0. The maximum absolute atomic E-state index is 13.8. The van der Waals surface area contributed by atoms with Gasteiger partial charge >= 0.3 is 0 Å². The Labute approximate surface area is 226 Å². The van der Waals surface area contributed by atoms with E-state index in [1.807, 2.05) is 54.5 Å². The standard InChI is InChI=1S/C34H16F5N/c35-30-27(31(36)33(38)34(39)32(30)37)20-17-22-12-9-21(10-13-22)11-14-23-15-18-24(19-16-23)40-28-7-3-1-5-25(28)26-6-2-4-8-29(26)40/h1-10,12-13,15-16,18-19H. The maximum Gasteiger partial charge on any atom is 0.200 e. The number of rotatable bonds is 1. The summed E-state index contributed by atoms with van der Waals surface area (Å²) in [4.78, 5) is 0. The van der Waals surface area contributed by atoms with E-state index in [1.165, 1.54) is 10.8 Å². The van der Waals surface area contributed by atoms with Crippen LogP contribution in [0.3, 0.4) is 0 Å². The molecule has 0 amide bonds. The van der Waals surface area contributed by atoms with E-state index in [0.29, 0.717) is 11.1 Å². The molecule has 0 bridgehead atoms. The molecule has 0 aliphatic heterocycles. The van der Waals surface area contributed by atoms with Crippen molar-refractivity contribution in [2.24, 2.45) is 0 Å². The smallest absolute Gasteiger partial charge is 0.200 e. The van der Waals surface area contributed by atoms with Crippen LogP contribution in [-0.4, -0.2) is 4.57 Å². The van der Waals surface area contributed by atoms with Gasteiger partial charge in [-0.25, -0.2) is 22.0 Å². The molecule has 0 fully saturated rings. The van der Waals surface area contributed by atoms with E-state index in [1.54, 1.807) is 24.3 Å². The Bertz CT molecular complexity index is 1970. The highest BCUT2D eigenvalue weighted by Gasteiger charge is 2.24. The van der Waals surface area contributed by atoms with Gasteiger partial charge in [-0.1, -0.05) is 60.1 Å². The third-order valence-electron chi connectivity index (χ3n) is 6.48. The van der Waals surface area contributed by atoms with Gasteiger partial charge in [0.2, 0.25) is 5.82 Å². The van der Waals surface area contributed by atoms with E-state index in [9.17, 15) is 22.0 Å². The van der Waals surface area contributed by atoms with Crippen LogP contribution < -0.4 is 0 Å². The summed E-state index contributed by atoms with van der Waals surface area (Å²) in [5.74, 6) is 0.413. The van der Waals surface area contributed by atoms with Crippen molar-refractivity contribution in [1.29, 1.82) is 0 Å². The molecule has 5 aromatic carbocycles. The van der Waals surface area contributed by atoms with E-state index < -0.39 is 34.6 Å². The van der Waals surface area contributed by atoms with Crippen molar-refractivity contribution in [2.75, 3.05) is 0 Å². The monoisotopic (exact) mass is 533 g/mol. The summed E-state index contributed by atoms with van der Waals surface area (Å²) in [7, 11) is 0. The van der Waals surface area contributed by atoms with Gasteiger partial charge in [0.25, 0.3) is 0 Å². The van der Waals surface area contributed by atoms with Gasteiger partial charge in [-0.3, -0.25) is 0 Å². The Morgan fingerprint density at radius 3 is 1.25 bits per heavy atom. The van der Waals surface area contributed by atoms with Crippen LogP contribution in [0.5, 0.6) is 0 Å². The van der Waals surface area contributed by atoms with E-state index in [4.69, 9.17) is 0 Å². The first-order chi connectivity index (χ1) is 19.4. The highest BCUT2D eigenvalue weighted by Crippen LogP contribution is 2.31. The SMILES string of the molecule is Fc1c(F)c(F)c(C#Cc2ccc(C#Cc3ccc(-n4c5ccccc5c5ccccc54)cc3)cc2)c(F)c1F. The van der Waals surface area contributed by atoms with E-state index in [2.05, 4.69) is 46.6 Å². The largest absolute Gasteiger partial charge is 0.309 e. The van der Waals surface area contributed by atoms with Crippen LogP contribution >= 0.6 is 0 Å². The highest BCUT2D eigenvalue weighted by molar-refractivity contribution is 6.09. The van der Waals surface area contributed by atoms with Gasteiger partial charge in [0.1, 0.15) is 5.56 Å². The zero-order valence-electron chi connectivity index (χ0n) is 20.6. The number of hydrogen-bond acceptors (Lipinski definition) is 0. The molecule has 0 radical (unpaired) electrons. The summed E-state index contributed by atoms with van der Waals surface area (Å²) in [5, 5.41) is 2.37. The zero-order valence-corrected chi connectivity index (χ0v) is 20.6. The van der Waals surface area contributed by atoms with E-state index >= 15 is 0 Å². The second-order valence-corrected chi connectivity index (χ2v) is 8.94. The average molecular weight is 533 g/mol. The molecule has 0 aliphatic carbocycles. The molecule has 0 N–H and O–H groups in total. The van der Waals surface area contributed by atoms with Crippen LogP contribution in [0.25, 0.3) is 27.5 Å². The molecule has 0 unspecified atom stereocenters. The van der Waals surface area contributed by atoms with E-state index in [-0.39, 0.29) is 0 Å². The Balaban J connectivity index is 1.24. The Hall–Kier alpha value is -5.33. The average Bonchev–Trinajstić information content (AvgIpc) is 3.33. The fraction of sp³-hybridized carbons (Fsp3) is 0. The minimum absolute atomic E-state index is 0.324. The van der Waals surface area contributed by atoms with Crippen LogP contribution in [0.1, 0.15) is 22.3 Å². The highest BCUT2D eigenvalue weighted by atomic mass is 19.2. The summed E-state index contributed by atoms with van der Waals surface area (Å²) in [5.41, 5.74) is 3.86. The predicted molar refractivity (Wildman–Crippen MR) is 145 cm³/mol. The van der Waals surface area contributed by atoms with Crippen LogP contribution in [0.15, 0.2) is 97.1 Å². The van der Waals surface area contributed by atoms with Crippen molar-refractivity contribution >= 4 is 21.8 Å². The summed E-state index contributed by atoms with van der Waals surface area (Å²) in [6.07, 6.45) is 0. The lowest BCUT2D eigenvalue weighted by molar-refractivity contribution is 0.376. The molecule has 1 aromatic heterocycles. The van der Waals surface area contributed by atoms with Crippen molar-refractivity contribution in [3.05, 3.63) is 148 Å². The number of hydrogen-bond donors (Lipinski definition) is 0. The first-order valence-electron chi connectivity index (χ1n) is 12.2. The third kappa shape index (κ3) is 4.36. The van der Waals surface area contributed by atoms with Crippen molar-refractivity contribution in [3.8, 4) is 29.4 Å². The number of benzene rings is 5. The molecule has 1 heterocycles. The van der Waals surface area contributed by atoms with Gasteiger partial charge in [0.05, 0.1) is 11.0 Å². The van der Waals surface area contributed by atoms with Gasteiger partial charge in [-0.05, 0) is 60.7 Å². The first kappa shape index (κ1) is 25.0. The van der Waals surface area contributed by atoms with Crippen molar-refractivity contribution in [1.82, 2.24) is 4.57 Å². The normalized spacial score (nSPS) is 10.7. The number of nitrogens with zero attached hydrogens (tertiary/aromatic N) is 1. The molecule has 192 valence electrons. The lowest BCUT2D eigenvalue weighted by atomic mass is 10.1. The predicted octanol–water partition coefficient (Wildman–Crippen LogP) is 8.28. The first-order valence-corrected chi connectivity index (χ1v) is 12.2. The fourth-order valence-electron chi connectivity index (χ4n) is 4.53.